The summed E-state index contributed by atoms with van der Waals surface area (Å²) in [6, 6.07) is 3.16. The van der Waals surface area contributed by atoms with Gasteiger partial charge in [-0.05, 0) is 24.6 Å². The molecule has 18 heavy (non-hydrogen) atoms. The van der Waals surface area contributed by atoms with E-state index in [1.165, 1.54) is 7.11 Å². The van der Waals surface area contributed by atoms with E-state index in [0.717, 1.165) is 15.7 Å². The van der Waals surface area contributed by atoms with E-state index in [2.05, 4.69) is 31.3 Å². The summed E-state index contributed by atoms with van der Waals surface area (Å²) >= 11 is 3.41. The number of amides is 1. The summed E-state index contributed by atoms with van der Waals surface area (Å²) in [6.45, 7) is 1.96. The van der Waals surface area contributed by atoms with Crippen molar-refractivity contribution < 1.29 is 14.3 Å². The van der Waals surface area contributed by atoms with Crippen molar-refractivity contribution in [3.8, 4) is 0 Å². The lowest BCUT2D eigenvalue weighted by Gasteiger charge is -2.26. The second-order valence-electron chi connectivity index (χ2n) is 4.11. The minimum Gasteiger partial charge on any atom is -0.469 e. The van der Waals surface area contributed by atoms with Gasteiger partial charge in [0.25, 0.3) is 0 Å². The molecule has 1 heterocycles. The highest BCUT2D eigenvalue weighted by atomic mass is 79.9. The number of hydrogen-bond donors (Lipinski definition) is 2. The van der Waals surface area contributed by atoms with Crippen LogP contribution >= 0.6 is 15.9 Å². The van der Waals surface area contributed by atoms with Gasteiger partial charge in [-0.2, -0.15) is 0 Å². The fraction of sp³-hybridized carbons (Fsp3) is 0.333. The van der Waals surface area contributed by atoms with Crippen molar-refractivity contribution in [1.29, 1.82) is 0 Å². The molecule has 1 aliphatic heterocycles. The minimum atomic E-state index is -0.592. The number of benzene rings is 1. The highest BCUT2D eigenvalue weighted by molar-refractivity contribution is 9.10. The molecule has 1 aliphatic rings. The molecule has 0 saturated heterocycles. The Morgan fingerprint density at radius 3 is 2.83 bits per heavy atom. The van der Waals surface area contributed by atoms with E-state index in [4.69, 9.17) is 0 Å². The number of anilines is 2. The number of carbonyl (C=O) groups is 2. The number of rotatable bonds is 2. The van der Waals surface area contributed by atoms with Crippen molar-refractivity contribution in [2.75, 3.05) is 17.7 Å². The molecule has 0 radical (unpaired) electrons. The quantitative estimate of drug-likeness (QED) is 0.820. The van der Waals surface area contributed by atoms with Crippen LogP contribution in [0.2, 0.25) is 0 Å². The Kier molecular flexibility index (Phi) is 3.56. The predicted octanol–water partition coefficient (Wildman–Crippen LogP) is 2.05. The molecule has 2 rings (SSSR count). The van der Waals surface area contributed by atoms with Gasteiger partial charge >= 0.3 is 5.97 Å². The van der Waals surface area contributed by atoms with Gasteiger partial charge < -0.3 is 15.4 Å². The van der Waals surface area contributed by atoms with Crippen LogP contribution in [0.5, 0.6) is 0 Å². The molecule has 1 aromatic carbocycles. The third-order valence-corrected chi connectivity index (χ3v) is 3.66. The standard InChI is InChI=1S/C12H13BrN2O3/c1-6-3-8-9(4-7(6)13)15-12(17)10(14-8)5-11(16)18-2/h3-4,10,14H,5H2,1-2H3,(H,15,17). The third kappa shape index (κ3) is 2.48. The van der Waals surface area contributed by atoms with Gasteiger partial charge in [-0.25, -0.2) is 0 Å². The predicted molar refractivity (Wildman–Crippen MR) is 71.6 cm³/mol. The van der Waals surface area contributed by atoms with Crippen molar-refractivity contribution in [3.05, 3.63) is 22.2 Å². The number of carbonyl (C=O) groups excluding carboxylic acids is 2. The Hall–Kier alpha value is -1.56. The van der Waals surface area contributed by atoms with E-state index in [0.29, 0.717) is 5.69 Å². The summed E-state index contributed by atoms with van der Waals surface area (Å²) in [7, 11) is 1.30. The first-order valence-electron chi connectivity index (χ1n) is 5.45. The minimum absolute atomic E-state index is 0.0108. The Balaban J connectivity index is 2.24. The average Bonchev–Trinajstić information content (AvgIpc) is 2.32. The molecule has 1 unspecified atom stereocenters. The summed E-state index contributed by atoms with van der Waals surface area (Å²) in [5.41, 5.74) is 2.57. The fourth-order valence-electron chi connectivity index (χ4n) is 1.77. The summed E-state index contributed by atoms with van der Waals surface area (Å²) in [4.78, 5) is 23.0. The normalized spacial score (nSPS) is 17.5. The number of hydrogen-bond acceptors (Lipinski definition) is 4. The SMILES string of the molecule is COC(=O)CC1Nc2cc(C)c(Br)cc2NC1=O. The second kappa shape index (κ2) is 4.97. The molecule has 0 fully saturated rings. The van der Waals surface area contributed by atoms with Crippen molar-refractivity contribution >= 4 is 39.2 Å². The van der Waals surface area contributed by atoms with Crippen molar-refractivity contribution in [3.63, 3.8) is 0 Å². The second-order valence-corrected chi connectivity index (χ2v) is 4.97. The Morgan fingerprint density at radius 2 is 2.17 bits per heavy atom. The zero-order valence-electron chi connectivity index (χ0n) is 10.0. The molecule has 1 atom stereocenters. The van der Waals surface area contributed by atoms with Gasteiger partial charge in [0.15, 0.2) is 0 Å². The third-order valence-electron chi connectivity index (χ3n) is 2.80. The molecule has 2 N–H and O–H groups in total. The summed E-state index contributed by atoms with van der Waals surface area (Å²) in [6.07, 6.45) is 0.0108. The first-order chi connectivity index (χ1) is 8.51. The topological polar surface area (TPSA) is 67.4 Å². The van der Waals surface area contributed by atoms with Crippen LogP contribution in [0.4, 0.5) is 11.4 Å². The van der Waals surface area contributed by atoms with Gasteiger partial charge in [-0.1, -0.05) is 15.9 Å². The number of ether oxygens (including phenoxy) is 1. The molecule has 0 spiro atoms. The number of esters is 1. The Bertz CT molecular complexity index is 516. The summed E-state index contributed by atoms with van der Waals surface area (Å²) in [5.74, 6) is -0.649. The summed E-state index contributed by atoms with van der Waals surface area (Å²) < 4.78 is 5.49. The van der Waals surface area contributed by atoms with Gasteiger partial charge in [0.2, 0.25) is 5.91 Å². The van der Waals surface area contributed by atoms with E-state index >= 15 is 0 Å². The Morgan fingerprint density at radius 1 is 1.44 bits per heavy atom. The lowest BCUT2D eigenvalue weighted by atomic mass is 10.1. The van der Waals surface area contributed by atoms with Crippen molar-refractivity contribution in [2.24, 2.45) is 0 Å². The monoisotopic (exact) mass is 312 g/mol. The van der Waals surface area contributed by atoms with Crippen molar-refractivity contribution in [1.82, 2.24) is 0 Å². The first kappa shape index (κ1) is 12.9. The van der Waals surface area contributed by atoms with Crippen LogP contribution in [0.3, 0.4) is 0 Å². The molecular weight excluding hydrogens is 300 g/mol. The van der Waals surface area contributed by atoms with Crippen LogP contribution in [0, 0.1) is 6.92 Å². The van der Waals surface area contributed by atoms with E-state index in [-0.39, 0.29) is 12.3 Å². The van der Waals surface area contributed by atoms with Gasteiger partial charge in [0.1, 0.15) is 6.04 Å². The van der Waals surface area contributed by atoms with E-state index in [1.807, 2.05) is 19.1 Å². The number of aryl methyl sites for hydroxylation is 1. The molecule has 0 saturated carbocycles. The zero-order chi connectivity index (χ0) is 13.3. The van der Waals surface area contributed by atoms with Gasteiger partial charge in [-0.15, -0.1) is 0 Å². The maximum absolute atomic E-state index is 11.8. The van der Waals surface area contributed by atoms with Crippen LogP contribution in [-0.4, -0.2) is 25.0 Å². The molecule has 6 heteroatoms. The Labute approximate surface area is 113 Å². The van der Waals surface area contributed by atoms with E-state index in [9.17, 15) is 9.59 Å². The number of halogens is 1. The maximum atomic E-state index is 11.8. The van der Waals surface area contributed by atoms with Crippen LogP contribution in [-0.2, 0) is 14.3 Å². The molecule has 0 aromatic heterocycles. The van der Waals surface area contributed by atoms with Crippen molar-refractivity contribution in [2.45, 2.75) is 19.4 Å². The molecular formula is C12H13BrN2O3. The fourth-order valence-corrected chi connectivity index (χ4v) is 2.11. The first-order valence-corrected chi connectivity index (χ1v) is 6.25. The lowest BCUT2D eigenvalue weighted by Crippen LogP contribution is -2.40. The smallest absolute Gasteiger partial charge is 0.308 e. The molecule has 0 aliphatic carbocycles. The highest BCUT2D eigenvalue weighted by Crippen LogP contribution is 2.32. The zero-order valence-corrected chi connectivity index (χ0v) is 11.6. The van der Waals surface area contributed by atoms with Crippen LogP contribution < -0.4 is 10.6 Å². The number of methoxy groups -OCH3 is 1. The average molecular weight is 313 g/mol. The van der Waals surface area contributed by atoms with Gasteiger partial charge in [0, 0.05) is 4.47 Å². The number of nitrogens with one attached hydrogen (secondary N) is 2. The largest absolute Gasteiger partial charge is 0.469 e. The maximum Gasteiger partial charge on any atom is 0.308 e. The molecule has 1 aromatic rings. The number of fused-ring (bicyclic) bond motifs is 1. The van der Waals surface area contributed by atoms with E-state index in [1.54, 1.807) is 0 Å². The van der Waals surface area contributed by atoms with Crippen LogP contribution in [0.25, 0.3) is 0 Å². The molecule has 5 nitrogen and oxygen atoms in total. The van der Waals surface area contributed by atoms with Crippen LogP contribution in [0.15, 0.2) is 16.6 Å². The lowest BCUT2D eigenvalue weighted by molar-refractivity contribution is -0.142. The van der Waals surface area contributed by atoms with Gasteiger partial charge in [0.05, 0.1) is 24.9 Å². The molecule has 0 bridgehead atoms. The molecule has 1 amide bonds. The van der Waals surface area contributed by atoms with E-state index < -0.39 is 12.0 Å². The highest BCUT2D eigenvalue weighted by Gasteiger charge is 2.28. The molecule has 96 valence electrons. The van der Waals surface area contributed by atoms with Gasteiger partial charge in [-0.3, -0.25) is 9.59 Å². The summed E-state index contributed by atoms with van der Waals surface area (Å²) in [5, 5.41) is 5.81. The van der Waals surface area contributed by atoms with Crippen LogP contribution in [0.1, 0.15) is 12.0 Å².